The van der Waals surface area contributed by atoms with E-state index in [1.165, 1.54) is 24.1 Å². The highest BCUT2D eigenvalue weighted by Crippen LogP contribution is 2.35. The number of carbonyl (C=O) groups excluding carboxylic acids is 4. The van der Waals surface area contributed by atoms with E-state index in [-0.39, 0.29) is 37.2 Å². The van der Waals surface area contributed by atoms with Crippen LogP contribution in [0.2, 0.25) is 0 Å². The molecule has 2 N–H and O–H groups in total. The fourth-order valence-electron chi connectivity index (χ4n) is 4.08. The van der Waals surface area contributed by atoms with Crippen molar-refractivity contribution < 1.29 is 51.0 Å². The molecule has 1 atom stereocenters. The van der Waals surface area contributed by atoms with Crippen molar-refractivity contribution in [2.45, 2.75) is 38.4 Å². The van der Waals surface area contributed by atoms with E-state index in [1.807, 2.05) is 0 Å². The number of hydrogen-bond acceptors (Lipinski definition) is 7. The zero-order valence-electron chi connectivity index (χ0n) is 19.1. The van der Waals surface area contributed by atoms with Gasteiger partial charge in [-0.1, -0.05) is 0 Å². The molecule has 0 radical (unpaired) electrons. The summed E-state index contributed by atoms with van der Waals surface area (Å²) in [6.07, 6.45) is -5.89. The second-order valence-electron chi connectivity index (χ2n) is 8.15. The Balaban J connectivity index is 1.44. The largest absolute Gasteiger partial charge is 0.573 e. The number of halogens is 4. The monoisotopic (exact) mass is 525 g/mol. The summed E-state index contributed by atoms with van der Waals surface area (Å²) in [6, 6.07) is 4.17. The number of rotatable bonds is 6. The van der Waals surface area contributed by atoms with Crippen LogP contribution < -0.4 is 20.1 Å². The Morgan fingerprint density at radius 1 is 1.16 bits per heavy atom. The molecule has 14 heteroatoms. The van der Waals surface area contributed by atoms with Crippen LogP contribution in [0.5, 0.6) is 11.5 Å². The molecule has 0 aliphatic carbocycles. The molecule has 37 heavy (non-hydrogen) atoms. The molecule has 0 bridgehead atoms. The van der Waals surface area contributed by atoms with Crippen molar-refractivity contribution in [1.82, 2.24) is 10.2 Å². The van der Waals surface area contributed by atoms with Gasteiger partial charge in [-0.2, -0.15) is 0 Å². The summed E-state index contributed by atoms with van der Waals surface area (Å²) in [5.41, 5.74) is 0.736. The number of amides is 4. The van der Waals surface area contributed by atoms with Crippen LogP contribution in [0.1, 0.15) is 34.3 Å². The number of methoxy groups -OCH3 is 1. The van der Waals surface area contributed by atoms with Gasteiger partial charge in [-0.15, -0.1) is 13.2 Å². The topological polar surface area (TPSA) is 123 Å². The van der Waals surface area contributed by atoms with Crippen LogP contribution in [0.4, 0.5) is 28.0 Å². The number of hydrogen-bond donors (Lipinski definition) is 2. The van der Waals surface area contributed by atoms with Crippen molar-refractivity contribution >= 4 is 29.5 Å². The number of anilines is 1. The van der Waals surface area contributed by atoms with Crippen LogP contribution in [0.3, 0.4) is 0 Å². The predicted octanol–water partition coefficient (Wildman–Crippen LogP) is 3.24. The first kappa shape index (κ1) is 25.7. The third-order valence-electron chi connectivity index (χ3n) is 5.62. The highest BCUT2D eigenvalue weighted by Gasteiger charge is 2.40. The molecule has 10 nitrogen and oxygen atoms in total. The van der Waals surface area contributed by atoms with Crippen molar-refractivity contribution in [3.63, 3.8) is 0 Å². The van der Waals surface area contributed by atoms with E-state index in [1.54, 1.807) is 0 Å². The average molecular weight is 525 g/mol. The lowest BCUT2D eigenvalue weighted by Gasteiger charge is -2.29. The minimum absolute atomic E-state index is 0.0765. The number of fused-ring (bicyclic) bond motifs is 1. The Hall–Kier alpha value is -4.36. The number of nitrogens with one attached hydrogen (secondary N) is 2. The number of ether oxygens (including phenoxy) is 3. The Morgan fingerprint density at radius 2 is 1.92 bits per heavy atom. The normalized spacial score (nSPS) is 17.3. The first-order valence-corrected chi connectivity index (χ1v) is 10.8. The molecule has 2 heterocycles. The van der Waals surface area contributed by atoms with Gasteiger partial charge in [-0.3, -0.25) is 25.0 Å². The van der Waals surface area contributed by atoms with Crippen molar-refractivity contribution in [2.24, 2.45) is 0 Å². The summed E-state index contributed by atoms with van der Waals surface area (Å²) in [4.78, 5) is 50.2. The maximum absolute atomic E-state index is 13.6. The summed E-state index contributed by atoms with van der Waals surface area (Å²) in [5.74, 6) is -3.10. The van der Waals surface area contributed by atoms with Crippen LogP contribution in [0.15, 0.2) is 30.3 Å². The lowest BCUT2D eigenvalue weighted by Crippen LogP contribution is -2.52. The highest BCUT2D eigenvalue weighted by molar-refractivity contribution is 6.05. The molecule has 0 aromatic heterocycles. The van der Waals surface area contributed by atoms with Gasteiger partial charge >= 0.3 is 12.5 Å². The second kappa shape index (κ2) is 9.95. The summed E-state index contributed by atoms with van der Waals surface area (Å²) in [7, 11) is 1.37. The van der Waals surface area contributed by atoms with E-state index >= 15 is 0 Å². The van der Waals surface area contributed by atoms with Crippen LogP contribution >= 0.6 is 0 Å². The minimum Gasteiger partial charge on any atom is -0.496 e. The van der Waals surface area contributed by atoms with E-state index in [2.05, 4.69) is 15.4 Å². The van der Waals surface area contributed by atoms with Gasteiger partial charge in [-0.05, 0) is 30.2 Å². The Bertz CT molecular complexity index is 1280. The minimum atomic E-state index is -5.05. The van der Waals surface area contributed by atoms with Crippen LogP contribution in [-0.2, 0) is 27.5 Å². The molecule has 2 aliphatic rings. The summed E-state index contributed by atoms with van der Waals surface area (Å²) >= 11 is 0. The van der Waals surface area contributed by atoms with Crippen molar-refractivity contribution in [2.75, 3.05) is 12.4 Å². The van der Waals surface area contributed by atoms with Gasteiger partial charge in [0.15, 0.2) is 0 Å². The van der Waals surface area contributed by atoms with E-state index in [9.17, 15) is 36.7 Å². The van der Waals surface area contributed by atoms with Crippen LogP contribution in [0.25, 0.3) is 0 Å². The lowest BCUT2D eigenvalue weighted by molar-refractivity contribution is -0.274. The smallest absolute Gasteiger partial charge is 0.496 e. The second-order valence-corrected chi connectivity index (χ2v) is 8.15. The third kappa shape index (κ3) is 5.90. The molecule has 2 aromatic carbocycles. The first-order valence-electron chi connectivity index (χ1n) is 10.8. The van der Waals surface area contributed by atoms with Crippen LogP contribution in [-0.4, -0.2) is 48.2 Å². The Labute approximate surface area is 206 Å². The van der Waals surface area contributed by atoms with Crippen molar-refractivity contribution in [3.05, 3.63) is 52.8 Å². The average Bonchev–Trinajstić information content (AvgIpc) is 3.12. The zero-order valence-corrected chi connectivity index (χ0v) is 19.1. The van der Waals surface area contributed by atoms with Gasteiger partial charge in [0.05, 0.1) is 19.3 Å². The fraction of sp³-hybridized carbons (Fsp3) is 0.304. The van der Waals surface area contributed by atoms with Gasteiger partial charge in [0.25, 0.3) is 5.91 Å². The van der Waals surface area contributed by atoms with E-state index in [0.717, 1.165) is 12.1 Å². The number of benzene rings is 2. The quantitative estimate of drug-likeness (QED) is 0.439. The molecule has 0 saturated carbocycles. The summed E-state index contributed by atoms with van der Waals surface area (Å²) in [5, 5.41) is 4.31. The van der Waals surface area contributed by atoms with Gasteiger partial charge in [0, 0.05) is 29.7 Å². The molecule has 196 valence electrons. The molecule has 2 aromatic rings. The number of imide groups is 1. The third-order valence-corrected chi connectivity index (χ3v) is 5.62. The number of carbonyl (C=O) groups is 4. The first-order chi connectivity index (χ1) is 17.4. The number of alkyl halides is 3. The molecule has 4 amide bonds. The maximum atomic E-state index is 13.6. The van der Waals surface area contributed by atoms with Gasteiger partial charge < -0.3 is 19.1 Å². The van der Waals surface area contributed by atoms with Gasteiger partial charge in [-0.25, -0.2) is 9.18 Å². The van der Waals surface area contributed by atoms with Crippen molar-refractivity contribution in [1.29, 1.82) is 0 Å². The number of nitrogens with zero attached hydrogens (tertiary/aromatic N) is 1. The van der Waals surface area contributed by atoms with Crippen molar-refractivity contribution in [3.8, 4) is 11.5 Å². The molecular weight excluding hydrogens is 506 g/mol. The number of piperidine rings is 1. The Kier molecular flexibility index (Phi) is 6.92. The predicted molar refractivity (Wildman–Crippen MR) is 116 cm³/mol. The SMILES string of the molecule is COc1cc(COC(=O)Nc2cc(F)cc(OC(F)(F)F)c2)cc2c1CN(C1CCC(=O)NC1=O)C2=O. The highest BCUT2D eigenvalue weighted by atomic mass is 19.4. The molecule has 1 fully saturated rings. The molecule has 1 unspecified atom stereocenters. The summed E-state index contributed by atoms with van der Waals surface area (Å²) < 4.78 is 64.9. The standard InChI is InChI=1S/C23H19F4N3O7/c1-35-18-5-11(4-15-16(18)9-30(21(15)33)17-2-3-19(31)29-20(17)32)10-36-22(34)28-13-6-12(24)7-14(8-13)37-23(25,26)27/h4-8,17H,2-3,9-10H2,1H3,(H,28,34)(H,29,31,32). The van der Waals surface area contributed by atoms with E-state index in [4.69, 9.17) is 9.47 Å². The zero-order chi connectivity index (χ0) is 26.9. The van der Waals surface area contributed by atoms with E-state index in [0.29, 0.717) is 22.9 Å². The van der Waals surface area contributed by atoms with E-state index < -0.39 is 47.8 Å². The van der Waals surface area contributed by atoms with Gasteiger partial charge in [0.2, 0.25) is 11.8 Å². The summed E-state index contributed by atoms with van der Waals surface area (Å²) in [6.45, 7) is -0.296. The fourth-order valence-corrected chi connectivity index (χ4v) is 4.08. The van der Waals surface area contributed by atoms with Gasteiger partial charge in [0.1, 0.15) is 30.0 Å². The molecule has 4 rings (SSSR count). The maximum Gasteiger partial charge on any atom is 0.573 e. The molecule has 1 saturated heterocycles. The van der Waals surface area contributed by atoms with Crippen LogP contribution in [0, 0.1) is 5.82 Å². The molecule has 2 aliphatic heterocycles. The molecular formula is C23H19F4N3O7. The molecule has 0 spiro atoms. The lowest BCUT2D eigenvalue weighted by atomic mass is 10.0. The Morgan fingerprint density at radius 3 is 2.59 bits per heavy atom.